The second kappa shape index (κ2) is 14.8. The Morgan fingerprint density at radius 1 is 1.02 bits per heavy atom. The number of aryl methyl sites for hydroxylation is 2. The highest BCUT2D eigenvalue weighted by atomic mass is 19.1. The second-order valence-electron chi connectivity index (χ2n) is 16.0. The fourth-order valence-electron chi connectivity index (χ4n) is 9.05. The number of benzene rings is 3. The Morgan fingerprint density at radius 3 is 2.42 bits per heavy atom. The fraction of sp³-hybridized carbons (Fsp3) is 0.364. The van der Waals surface area contributed by atoms with Gasteiger partial charge in [-0.15, -0.1) is 0 Å². The van der Waals surface area contributed by atoms with Gasteiger partial charge < -0.3 is 24.3 Å². The quantitative estimate of drug-likeness (QED) is 0.179. The number of halogens is 1. The minimum atomic E-state index is -0.846. The molecule has 2 aliphatic heterocycles. The largest absolute Gasteiger partial charge is 0.438 e. The molecule has 1 saturated carbocycles. The number of ether oxygens (including phenoxy) is 2. The van der Waals surface area contributed by atoms with Crippen LogP contribution in [0.5, 0.6) is 6.01 Å². The summed E-state index contributed by atoms with van der Waals surface area (Å²) in [6.45, 7) is 8.75. The van der Waals surface area contributed by atoms with E-state index in [0.29, 0.717) is 53.8 Å². The van der Waals surface area contributed by atoms with E-state index in [1.807, 2.05) is 54.0 Å². The Balaban J connectivity index is 1.12. The minimum absolute atomic E-state index is 0.00619. The van der Waals surface area contributed by atoms with E-state index in [1.54, 1.807) is 25.7 Å². The van der Waals surface area contributed by atoms with Crippen molar-refractivity contribution in [2.24, 2.45) is 5.92 Å². The standard InChI is InChI=1S/C44H44FN7O7/c1-24-18-32(19-25(2)36(24)45)51-38(53)33-12-15-50(27(4)37(33)47-41(51)58-42(55)46-23-28-8-6-5-7-9-28)39(54)35-21-31-20-30(29-13-16-57-17-14-29)10-11-34(31)52(35)44(22-26(44)3)40-48-43(56)59-49-40/h5-11,18-21,26-27,29H,12-17,22-23H2,1-4H3,(H,46,55)(H,48,49,56)/t26-,27-,44?/m0/s1. The zero-order chi connectivity index (χ0) is 41.2. The number of carbonyl (C=O) groups is 2. The van der Waals surface area contributed by atoms with E-state index in [-0.39, 0.29) is 48.7 Å². The van der Waals surface area contributed by atoms with Gasteiger partial charge in [0.15, 0.2) is 5.82 Å². The molecule has 3 aliphatic rings. The number of aromatic amines is 1. The van der Waals surface area contributed by atoms with Gasteiger partial charge in [-0.1, -0.05) is 48.5 Å². The molecule has 3 aromatic heterocycles. The van der Waals surface area contributed by atoms with Crippen LogP contribution in [0, 0.1) is 25.6 Å². The third kappa shape index (κ3) is 6.62. The third-order valence-electron chi connectivity index (χ3n) is 12.3. The lowest BCUT2D eigenvalue weighted by molar-refractivity contribution is 0.0656. The molecule has 6 aromatic rings. The van der Waals surface area contributed by atoms with Gasteiger partial charge in [-0.25, -0.2) is 18.5 Å². The van der Waals surface area contributed by atoms with Crippen molar-refractivity contribution in [2.75, 3.05) is 19.8 Å². The van der Waals surface area contributed by atoms with Gasteiger partial charge in [0, 0.05) is 42.8 Å². The van der Waals surface area contributed by atoms with Crippen LogP contribution in [0.15, 0.2) is 80.8 Å². The summed E-state index contributed by atoms with van der Waals surface area (Å²) in [4.78, 5) is 64.4. The molecule has 9 rings (SSSR count). The summed E-state index contributed by atoms with van der Waals surface area (Å²) in [6, 6.07) is 19.4. The highest BCUT2D eigenvalue weighted by Crippen LogP contribution is 2.56. The average Bonchev–Trinajstić information content (AvgIpc) is 3.50. The monoisotopic (exact) mass is 801 g/mol. The molecule has 3 aromatic carbocycles. The summed E-state index contributed by atoms with van der Waals surface area (Å²) in [5.74, 6) is -0.729. The van der Waals surface area contributed by atoms with Crippen LogP contribution in [0.2, 0.25) is 0 Å². The van der Waals surface area contributed by atoms with Crippen LogP contribution in [0.4, 0.5) is 9.18 Å². The van der Waals surface area contributed by atoms with Crippen LogP contribution in [-0.2, 0) is 23.2 Å². The highest BCUT2D eigenvalue weighted by molar-refractivity contribution is 6.00. The number of nitrogens with zero attached hydrogens (tertiary/aromatic N) is 5. The maximum Gasteiger partial charge on any atom is 0.438 e. The highest BCUT2D eigenvalue weighted by Gasteiger charge is 2.59. The van der Waals surface area contributed by atoms with E-state index in [1.165, 1.54) is 16.7 Å². The average molecular weight is 802 g/mol. The Labute approximate surface area is 337 Å². The Kier molecular flexibility index (Phi) is 9.57. The molecule has 2 N–H and O–H groups in total. The molecule has 3 atom stereocenters. The van der Waals surface area contributed by atoms with Crippen molar-refractivity contribution in [1.29, 1.82) is 0 Å². The first kappa shape index (κ1) is 38.2. The van der Waals surface area contributed by atoms with Crippen molar-refractivity contribution in [3.63, 3.8) is 0 Å². The Hall–Kier alpha value is -6.35. The predicted molar refractivity (Wildman–Crippen MR) is 214 cm³/mol. The van der Waals surface area contributed by atoms with Gasteiger partial charge >= 0.3 is 17.9 Å². The lowest BCUT2D eigenvalue weighted by Crippen LogP contribution is -2.44. The van der Waals surface area contributed by atoms with Gasteiger partial charge in [-0.3, -0.25) is 19.1 Å². The fourth-order valence-corrected chi connectivity index (χ4v) is 9.05. The first-order chi connectivity index (χ1) is 28.4. The zero-order valence-corrected chi connectivity index (χ0v) is 33.2. The molecule has 2 fully saturated rings. The molecular weight excluding hydrogens is 758 g/mol. The van der Waals surface area contributed by atoms with Gasteiger partial charge in [-0.05, 0) is 111 Å². The molecule has 1 saturated heterocycles. The summed E-state index contributed by atoms with van der Waals surface area (Å²) in [7, 11) is 0. The van der Waals surface area contributed by atoms with Gasteiger partial charge in [-0.2, -0.15) is 4.98 Å². The summed E-state index contributed by atoms with van der Waals surface area (Å²) in [5.41, 5.74) is 3.41. The van der Waals surface area contributed by atoms with Crippen LogP contribution >= 0.6 is 0 Å². The summed E-state index contributed by atoms with van der Waals surface area (Å²) in [6.07, 6.45) is 1.72. The van der Waals surface area contributed by atoms with Gasteiger partial charge in [0.1, 0.15) is 17.1 Å². The summed E-state index contributed by atoms with van der Waals surface area (Å²) in [5, 5.41) is 7.70. The number of fused-ring (bicyclic) bond motifs is 2. The topological polar surface area (TPSA) is 167 Å². The van der Waals surface area contributed by atoms with Crippen LogP contribution in [-0.4, -0.2) is 60.9 Å². The van der Waals surface area contributed by atoms with Crippen molar-refractivity contribution < 1.29 is 28.0 Å². The van der Waals surface area contributed by atoms with E-state index in [2.05, 4.69) is 27.6 Å². The maximum atomic E-state index is 15.1. The van der Waals surface area contributed by atoms with Gasteiger partial charge in [0.25, 0.3) is 11.5 Å². The molecule has 0 spiro atoms. The summed E-state index contributed by atoms with van der Waals surface area (Å²) >= 11 is 0. The number of aromatic nitrogens is 5. The van der Waals surface area contributed by atoms with E-state index >= 15 is 4.79 Å². The minimum Gasteiger partial charge on any atom is -0.381 e. The molecule has 15 heteroatoms. The number of rotatable bonds is 8. The van der Waals surface area contributed by atoms with Crippen LogP contribution in [0.1, 0.15) is 94.9 Å². The third-order valence-corrected chi connectivity index (χ3v) is 12.3. The number of H-pyrrole nitrogens is 1. The number of hydrogen-bond donors (Lipinski definition) is 2. The molecule has 14 nitrogen and oxygen atoms in total. The van der Waals surface area contributed by atoms with E-state index in [0.717, 1.165) is 34.9 Å². The second-order valence-corrected chi connectivity index (χ2v) is 16.0. The van der Waals surface area contributed by atoms with Crippen molar-refractivity contribution in [1.82, 2.24) is 34.5 Å². The first-order valence-corrected chi connectivity index (χ1v) is 20.0. The van der Waals surface area contributed by atoms with Crippen LogP contribution < -0.4 is 21.4 Å². The molecule has 0 bridgehead atoms. The lowest BCUT2D eigenvalue weighted by Gasteiger charge is -2.35. The summed E-state index contributed by atoms with van der Waals surface area (Å²) < 4.78 is 34.4. The first-order valence-electron chi connectivity index (χ1n) is 20.0. The molecule has 5 heterocycles. The van der Waals surface area contributed by atoms with Crippen molar-refractivity contribution in [3.05, 3.63) is 138 Å². The van der Waals surface area contributed by atoms with Crippen LogP contribution in [0.25, 0.3) is 16.6 Å². The van der Waals surface area contributed by atoms with Gasteiger partial charge in [0.2, 0.25) is 0 Å². The van der Waals surface area contributed by atoms with Crippen molar-refractivity contribution in [3.8, 4) is 11.7 Å². The number of nitrogens with one attached hydrogen (secondary N) is 2. The molecule has 2 amide bonds. The van der Waals surface area contributed by atoms with Crippen LogP contribution in [0.3, 0.4) is 0 Å². The van der Waals surface area contributed by atoms with E-state index in [9.17, 15) is 18.8 Å². The Bertz CT molecular complexity index is 2730. The SMILES string of the molecule is Cc1cc(-n2c(OC(=O)NCc3ccccc3)nc3c(c2=O)CCN(C(=O)c2cc4cc(C5CCOCC5)ccc4n2C2(c4noc(=O)[nH]4)C[C@@H]2C)[C@H]3C)cc(C)c1F. The normalized spacial score (nSPS) is 20.4. The molecule has 0 radical (unpaired) electrons. The predicted octanol–water partition coefficient (Wildman–Crippen LogP) is 6.34. The lowest BCUT2D eigenvalue weighted by atomic mass is 9.91. The Morgan fingerprint density at radius 2 is 1.75 bits per heavy atom. The number of amides is 2. The smallest absolute Gasteiger partial charge is 0.381 e. The molecule has 304 valence electrons. The van der Waals surface area contributed by atoms with Gasteiger partial charge in [0.05, 0.1) is 17.4 Å². The number of hydrogen-bond acceptors (Lipinski definition) is 9. The zero-order valence-electron chi connectivity index (χ0n) is 33.2. The van der Waals surface area contributed by atoms with E-state index < -0.39 is 34.8 Å². The van der Waals surface area contributed by atoms with Crippen molar-refractivity contribution in [2.45, 2.75) is 77.4 Å². The molecule has 59 heavy (non-hydrogen) atoms. The van der Waals surface area contributed by atoms with Crippen molar-refractivity contribution >= 4 is 22.9 Å². The molecular formula is C44H44FN7O7. The molecule has 1 aliphatic carbocycles. The number of carbonyl (C=O) groups excluding carboxylic acids is 2. The maximum absolute atomic E-state index is 15.1. The molecule has 1 unspecified atom stereocenters. The van der Waals surface area contributed by atoms with E-state index in [4.69, 9.17) is 19.0 Å².